The number of hydrogen-bond acceptors (Lipinski definition) is 1. The van der Waals surface area contributed by atoms with E-state index >= 15 is 0 Å². The van der Waals surface area contributed by atoms with E-state index in [1.54, 1.807) is 0 Å². The van der Waals surface area contributed by atoms with Gasteiger partial charge < -0.3 is 0 Å². The summed E-state index contributed by atoms with van der Waals surface area (Å²) in [7, 11) is 0. The number of halogens is 4. The summed E-state index contributed by atoms with van der Waals surface area (Å²) in [6.45, 7) is 0. The van der Waals surface area contributed by atoms with Gasteiger partial charge in [0.25, 0.3) is 0 Å². The highest BCUT2D eigenvalue weighted by Crippen LogP contribution is 2.30. The Bertz CT molecular complexity index is 439. The van der Waals surface area contributed by atoms with Crippen LogP contribution in [0.2, 0.25) is 0 Å². The molecule has 0 aromatic heterocycles. The number of rotatable bonds is 0. The molecule has 1 aromatic carbocycles. The quantitative estimate of drug-likeness (QED) is 0.360. The van der Waals surface area contributed by atoms with Gasteiger partial charge >= 0.3 is 0 Å². The summed E-state index contributed by atoms with van der Waals surface area (Å²) in [5.74, 6) is -7.49. The average Bonchev–Trinajstić information content (AvgIpc) is 2.54. The van der Waals surface area contributed by atoms with Crippen LogP contribution >= 0.6 is 0 Å². The fourth-order valence-corrected chi connectivity index (χ4v) is 1.57. The second kappa shape index (κ2) is 2.80. The van der Waals surface area contributed by atoms with Crippen molar-refractivity contribution in [1.29, 1.82) is 0 Å². The molecule has 0 fully saturated rings. The van der Waals surface area contributed by atoms with E-state index in [1.165, 1.54) is 0 Å². The van der Waals surface area contributed by atoms with Crippen molar-refractivity contribution in [3.63, 3.8) is 0 Å². The second-order valence-corrected chi connectivity index (χ2v) is 3.03. The molecule has 0 saturated heterocycles. The van der Waals surface area contributed by atoms with Crippen LogP contribution in [0.5, 0.6) is 0 Å². The van der Waals surface area contributed by atoms with Gasteiger partial charge in [0.15, 0.2) is 29.1 Å². The Morgan fingerprint density at radius 1 is 0.786 bits per heavy atom. The number of hydrogen-bond donors (Lipinski definition) is 0. The summed E-state index contributed by atoms with van der Waals surface area (Å²) in [5, 5.41) is 0. The SMILES string of the molecule is O=C1CCc2c(F)c(F)c(F)c(F)c21. The summed E-state index contributed by atoms with van der Waals surface area (Å²) in [5.41, 5.74) is -0.993. The minimum Gasteiger partial charge on any atom is -0.294 e. The van der Waals surface area contributed by atoms with Crippen LogP contribution in [0.25, 0.3) is 0 Å². The maximum Gasteiger partial charge on any atom is 0.198 e. The smallest absolute Gasteiger partial charge is 0.198 e. The highest BCUT2D eigenvalue weighted by Gasteiger charge is 2.32. The van der Waals surface area contributed by atoms with Gasteiger partial charge in [0.05, 0.1) is 5.56 Å². The van der Waals surface area contributed by atoms with Gasteiger partial charge in [-0.15, -0.1) is 0 Å². The summed E-state index contributed by atoms with van der Waals surface area (Å²) < 4.78 is 51.3. The van der Waals surface area contributed by atoms with E-state index in [0.29, 0.717) is 0 Å². The van der Waals surface area contributed by atoms with Crippen molar-refractivity contribution in [2.24, 2.45) is 0 Å². The van der Waals surface area contributed by atoms with E-state index < -0.39 is 34.6 Å². The van der Waals surface area contributed by atoms with Crippen molar-refractivity contribution < 1.29 is 22.4 Å². The number of Topliss-reactive ketones (excluding diaryl/α,β-unsaturated/α-hetero) is 1. The maximum absolute atomic E-state index is 13.0. The molecule has 0 spiro atoms. The lowest BCUT2D eigenvalue weighted by atomic mass is 10.1. The summed E-state index contributed by atoms with van der Waals surface area (Å²) in [6.07, 6.45) is -0.180. The highest BCUT2D eigenvalue weighted by molar-refractivity contribution is 6.00. The van der Waals surface area contributed by atoms with Crippen molar-refractivity contribution in [2.45, 2.75) is 12.8 Å². The third-order valence-corrected chi connectivity index (χ3v) is 2.25. The zero-order valence-corrected chi connectivity index (χ0v) is 6.83. The minimum atomic E-state index is -1.92. The van der Waals surface area contributed by atoms with Crippen LogP contribution in [0.4, 0.5) is 17.6 Å². The molecular weight excluding hydrogens is 200 g/mol. The molecule has 2 rings (SSSR count). The lowest BCUT2D eigenvalue weighted by Gasteiger charge is -2.03. The molecule has 0 atom stereocenters. The van der Waals surface area contributed by atoms with Crippen LogP contribution in [0, 0.1) is 23.3 Å². The second-order valence-electron chi connectivity index (χ2n) is 3.03. The summed E-state index contributed by atoms with van der Waals surface area (Å²) >= 11 is 0. The van der Waals surface area contributed by atoms with Gasteiger partial charge in [0.2, 0.25) is 0 Å². The maximum atomic E-state index is 13.0. The van der Waals surface area contributed by atoms with E-state index in [-0.39, 0.29) is 18.4 Å². The van der Waals surface area contributed by atoms with Gasteiger partial charge in [-0.1, -0.05) is 0 Å². The first-order valence-corrected chi connectivity index (χ1v) is 3.92. The van der Waals surface area contributed by atoms with Crippen LogP contribution in [0.1, 0.15) is 22.3 Å². The molecular formula is C9H4F4O. The molecule has 0 N–H and O–H groups in total. The van der Waals surface area contributed by atoms with Gasteiger partial charge in [0.1, 0.15) is 0 Å². The van der Waals surface area contributed by atoms with Crippen molar-refractivity contribution in [1.82, 2.24) is 0 Å². The molecule has 74 valence electrons. The molecule has 5 heteroatoms. The predicted molar refractivity (Wildman–Crippen MR) is 38.9 cm³/mol. The minimum absolute atomic E-state index is 0.0753. The third kappa shape index (κ3) is 0.981. The molecule has 0 amide bonds. The lowest BCUT2D eigenvalue weighted by molar-refractivity contribution is 0.0990. The van der Waals surface area contributed by atoms with Crippen LogP contribution in [0.3, 0.4) is 0 Å². The van der Waals surface area contributed by atoms with E-state index in [9.17, 15) is 22.4 Å². The van der Waals surface area contributed by atoms with Crippen molar-refractivity contribution >= 4 is 5.78 Å². The Morgan fingerprint density at radius 2 is 1.36 bits per heavy atom. The van der Waals surface area contributed by atoms with Crippen LogP contribution < -0.4 is 0 Å². The summed E-state index contributed by atoms with van der Waals surface area (Å²) in [4.78, 5) is 11.0. The molecule has 0 radical (unpaired) electrons. The number of ketones is 1. The Labute approximate surface area is 76.3 Å². The molecule has 14 heavy (non-hydrogen) atoms. The monoisotopic (exact) mass is 204 g/mol. The number of carbonyl (C=O) groups excluding carboxylic acids is 1. The molecule has 1 aliphatic carbocycles. The van der Waals surface area contributed by atoms with Crippen LogP contribution in [-0.2, 0) is 6.42 Å². The molecule has 0 unspecified atom stereocenters. The number of carbonyl (C=O) groups is 1. The zero-order chi connectivity index (χ0) is 10.5. The molecule has 0 aliphatic heterocycles. The van der Waals surface area contributed by atoms with Crippen LogP contribution in [0.15, 0.2) is 0 Å². The van der Waals surface area contributed by atoms with E-state index in [2.05, 4.69) is 0 Å². The fourth-order valence-electron chi connectivity index (χ4n) is 1.57. The predicted octanol–water partition coefficient (Wildman–Crippen LogP) is 2.37. The fraction of sp³-hybridized carbons (Fsp3) is 0.222. The van der Waals surface area contributed by atoms with Crippen LogP contribution in [-0.4, -0.2) is 5.78 Å². The van der Waals surface area contributed by atoms with E-state index in [1.807, 2.05) is 0 Å². The van der Waals surface area contributed by atoms with Crippen molar-refractivity contribution in [3.8, 4) is 0 Å². The first kappa shape index (κ1) is 9.18. The normalized spacial score (nSPS) is 14.7. The number of benzene rings is 1. The Balaban J connectivity index is 2.84. The Morgan fingerprint density at radius 3 is 2.00 bits per heavy atom. The molecule has 0 saturated carbocycles. The van der Waals surface area contributed by atoms with Gasteiger partial charge in [-0.3, -0.25) is 4.79 Å². The van der Waals surface area contributed by atoms with E-state index in [0.717, 1.165) is 0 Å². The topological polar surface area (TPSA) is 17.1 Å². The molecule has 0 bridgehead atoms. The van der Waals surface area contributed by atoms with Gasteiger partial charge in [-0.2, -0.15) is 0 Å². The standard InChI is InChI=1S/C9H4F4O/c10-6-3-1-2-4(14)5(3)7(11)9(13)8(6)12/h1-2H2. The third-order valence-electron chi connectivity index (χ3n) is 2.25. The molecule has 1 aromatic rings. The Hall–Kier alpha value is -1.39. The number of fused-ring (bicyclic) bond motifs is 1. The first-order valence-electron chi connectivity index (χ1n) is 3.92. The average molecular weight is 204 g/mol. The summed E-state index contributed by atoms with van der Waals surface area (Å²) in [6, 6.07) is 0. The molecule has 1 aliphatic rings. The molecule has 1 nitrogen and oxygen atoms in total. The first-order chi connectivity index (χ1) is 6.54. The van der Waals surface area contributed by atoms with E-state index in [4.69, 9.17) is 0 Å². The largest absolute Gasteiger partial charge is 0.294 e. The zero-order valence-electron chi connectivity index (χ0n) is 6.83. The Kier molecular flexibility index (Phi) is 1.83. The van der Waals surface area contributed by atoms with Crippen molar-refractivity contribution in [3.05, 3.63) is 34.4 Å². The lowest BCUT2D eigenvalue weighted by Crippen LogP contribution is -2.06. The van der Waals surface area contributed by atoms with Crippen molar-refractivity contribution in [2.75, 3.05) is 0 Å². The van der Waals surface area contributed by atoms with Gasteiger partial charge in [0, 0.05) is 12.0 Å². The molecule has 0 heterocycles. The van der Waals surface area contributed by atoms with Gasteiger partial charge in [-0.25, -0.2) is 17.6 Å². The van der Waals surface area contributed by atoms with Gasteiger partial charge in [-0.05, 0) is 6.42 Å². The highest BCUT2D eigenvalue weighted by atomic mass is 19.2.